The maximum atomic E-state index is 12.1. The Labute approximate surface area is 123 Å². The van der Waals surface area contributed by atoms with Crippen molar-refractivity contribution in [3.63, 3.8) is 0 Å². The maximum absolute atomic E-state index is 12.1. The Balaban J connectivity index is 2.40. The molecule has 3 N–H and O–H groups in total. The van der Waals surface area contributed by atoms with Crippen LogP contribution in [0.15, 0.2) is 0 Å². The fourth-order valence-electron chi connectivity index (χ4n) is 1.82. The number of ether oxygens (including phenoxy) is 1. The van der Waals surface area contributed by atoms with Crippen molar-refractivity contribution in [3.8, 4) is 0 Å². The second-order valence-electron chi connectivity index (χ2n) is 5.02. The molecular formula is C13H23N3O5. The van der Waals surface area contributed by atoms with Gasteiger partial charge in [0, 0.05) is 26.2 Å². The zero-order valence-electron chi connectivity index (χ0n) is 12.4. The lowest BCUT2D eigenvalue weighted by atomic mass is 10.3. The summed E-state index contributed by atoms with van der Waals surface area (Å²) >= 11 is 0. The molecule has 1 aliphatic rings. The topological polar surface area (TPSA) is 108 Å². The van der Waals surface area contributed by atoms with Crippen LogP contribution in [-0.2, 0) is 14.3 Å². The number of nitrogens with one attached hydrogen (secondary N) is 2. The number of hydrogen-bond acceptors (Lipinski definition) is 4. The number of carboxylic acid groups (broad SMARTS) is 1. The van der Waals surface area contributed by atoms with E-state index in [-0.39, 0.29) is 24.9 Å². The van der Waals surface area contributed by atoms with Crippen molar-refractivity contribution in [2.45, 2.75) is 38.3 Å². The fraction of sp³-hybridized carbons (Fsp3) is 0.769. The number of carbonyl (C=O) groups excluding carboxylic acids is 2. The van der Waals surface area contributed by atoms with E-state index in [1.165, 1.54) is 12.0 Å². The first-order valence-corrected chi connectivity index (χ1v) is 7.01. The van der Waals surface area contributed by atoms with Crippen LogP contribution >= 0.6 is 0 Å². The average molecular weight is 301 g/mol. The Morgan fingerprint density at radius 2 is 2.05 bits per heavy atom. The summed E-state index contributed by atoms with van der Waals surface area (Å²) in [6, 6.07) is -0.985. The number of amides is 3. The Morgan fingerprint density at radius 3 is 2.57 bits per heavy atom. The molecular weight excluding hydrogens is 278 g/mol. The number of hydrogen-bond donors (Lipinski definition) is 3. The highest BCUT2D eigenvalue weighted by molar-refractivity contribution is 5.87. The van der Waals surface area contributed by atoms with E-state index in [0.29, 0.717) is 13.2 Å². The zero-order valence-corrected chi connectivity index (χ0v) is 12.4. The predicted octanol–water partition coefficient (Wildman–Crippen LogP) is -0.214. The van der Waals surface area contributed by atoms with Gasteiger partial charge >= 0.3 is 12.0 Å². The quantitative estimate of drug-likeness (QED) is 0.511. The van der Waals surface area contributed by atoms with Gasteiger partial charge < -0.3 is 25.4 Å². The molecule has 1 rings (SSSR count). The number of carbonyl (C=O) groups is 3. The third-order valence-corrected chi connectivity index (χ3v) is 3.15. The molecule has 1 saturated carbocycles. The number of carboxylic acids is 1. The van der Waals surface area contributed by atoms with Gasteiger partial charge in [0.05, 0.1) is 13.0 Å². The molecule has 0 aromatic heterocycles. The van der Waals surface area contributed by atoms with Crippen LogP contribution < -0.4 is 10.6 Å². The van der Waals surface area contributed by atoms with Crippen molar-refractivity contribution in [1.82, 2.24) is 15.5 Å². The lowest BCUT2D eigenvalue weighted by Gasteiger charge is -2.24. The standard InChI is InChI=1S/C13H23N3O5/c1-9(12(19)14-6-8-21-2)15-13(20)16(10-3-4-10)7-5-11(17)18/h9-10H,3-8H2,1-2H3,(H,14,19)(H,15,20)(H,17,18). The molecule has 1 fully saturated rings. The number of aliphatic carboxylic acids is 1. The highest BCUT2D eigenvalue weighted by atomic mass is 16.5. The van der Waals surface area contributed by atoms with Crippen LogP contribution in [0, 0.1) is 0 Å². The minimum atomic E-state index is -0.946. The minimum absolute atomic E-state index is 0.0908. The number of rotatable bonds is 9. The number of methoxy groups -OCH3 is 1. The van der Waals surface area contributed by atoms with E-state index in [1.54, 1.807) is 6.92 Å². The maximum Gasteiger partial charge on any atom is 0.318 e. The second-order valence-corrected chi connectivity index (χ2v) is 5.02. The number of urea groups is 1. The third kappa shape index (κ3) is 6.44. The van der Waals surface area contributed by atoms with Crippen LogP contribution in [0.3, 0.4) is 0 Å². The van der Waals surface area contributed by atoms with Crippen molar-refractivity contribution in [3.05, 3.63) is 0 Å². The van der Waals surface area contributed by atoms with Crippen molar-refractivity contribution < 1.29 is 24.2 Å². The van der Waals surface area contributed by atoms with Gasteiger partial charge in [-0.1, -0.05) is 0 Å². The van der Waals surface area contributed by atoms with E-state index < -0.39 is 18.0 Å². The SMILES string of the molecule is COCCNC(=O)C(C)NC(=O)N(CCC(=O)O)C1CC1. The summed E-state index contributed by atoms with van der Waals surface area (Å²) in [5.74, 6) is -1.24. The van der Waals surface area contributed by atoms with Gasteiger partial charge in [0.25, 0.3) is 0 Å². The Morgan fingerprint density at radius 1 is 1.38 bits per heavy atom. The van der Waals surface area contributed by atoms with E-state index in [4.69, 9.17) is 9.84 Å². The molecule has 1 atom stereocenters. The fourth-order valence-corrected chi connectivity index (χ4v) is 1.82. The summed E-state index contributed by atoms with van der Waals surface area (Å²) in [6.07, 6.45) is 1.65. The van der Waals surface area contributed by atoms with Gasteiger partial charge in [-0.2, -0.15) is 0 Å². The molecule has 0 saturated heterocycles. The molecule has 120 valence electrons. The van der Waals surface area contributed by atoms with Gasteiger partial charge in [0.2, 0.25) is 5.91 Å². The van der Waals surface area contributed by atoms with Crippen LogP contribution in [0.2, 0.25) is 0 Å². The first-order valence-electron chi connectivity index (χ1n) is 7.01. The van der Waals surface area contributed by atoms with Gasteiger partial charge in [0.1, 0.15) is 6.04 Å². The largest absolute Gasteiger partial charge is 0.481 e. The van der Waals surface area contributed by atoms with Crippen LogP contribution in [0.5, 0.6) is 0 Å². The third-order valence-electron chi connectivity index (χ3n) is 3.15. The summed E-state index contributed by atoms with van der Waals surface area (Å²) in [4.78, 5) is 35.9. The molecule has 0 heterocycles. The van der Waals surface area contributed by atoms with Crippen molar-refractivity contribution in [2.24, 2.45) is 0 Å². The summed E-state index contributed by atoms with van der Waals surface area (Å²) in [6.45, 7) is 2.52. The predicted molar refractivity (Wildman–Crippen MR) is 74.9 cm³/mol. The molecule has 1 aliphatic carbocycles. The highest BCUT2D eigenvalue weighted by Gasteiger charge is 2.33. The molecule has 8 heteroatoms. The number of nitrogens with zero attached hydrogens (tertiary/aromatic N) is 1. The molecule has 8 nitrogen and oxygen atoms in total. The molecule has 1 unspecified atom stereocenters. The highest BCUT2D eigenvalue weighted by Crippen LogP contribution is 2.26. The van der Waals surface area contributed by atoms with E-state index >= 15 is 0 Å². The molecule has 21 heavy (non-hydrogen) atoms. The normalized spacial score (nSPS) is 15.1. The summed E-state index contributed by atoms with van der Waals surface area (Å²) in [7, 11) is 1.54. The summed E-state index contributed by atoms with van der Waals surface area (Å²) in [5, 5.41) is 13.9. The van der Waals surface area contributed by atoms with Gasteiger partial charge in [0.15, 0.2) is 0 Å². The van der Waals surface area contributed by atoms with Crippen molar-refractivity contribution in [1.29, 1.82) is 0 Å². The molecule has 0 radical (unpaired) electrons. The van der Waals surface area contributed by atoms with Crippen LogP contribution in [0.4, 0.5) is 4.79 Å². The van der Waals surface area contributed by atoms with Gasteiger partial charge in [-0.25, -0.2) is 4.79 Å². The molecule has 0 aliphatic heterocycles. The molecule has 0 bridgehead atoms. The smallest absolute Gasteiger partial charge is 0.318 e. The zero-order chi connectivity index (χ0) is 15.8. The first kappa shape index (κ1) is 17.2. The summed E-state index contributed by atoms with van der Waals surface area (Å²) in [5.41, 5.74) is 0. The van der Waals surface area contributed by atoms with Crippen molar-refractivity contribution >= 4 is 17.9 Å². The van der Waals surface area contributed by atoms with Crippen LogP contribution in [-0.4, -0.2) is 66.8 Å². The van der Waals surface area contributed by atoms with Gasteiger partial charge in [-0.15, -0.1) is 0 Å². The van der Waals surface area contributed by atoms with E-state index in [2.05, 4.69) is 10.6 Å². The Hall–Kier alpha value is -1.83. The van der Waals surface area contributed by atoms with Gasteiger partial charge in [-0.3, -0.25) is 9.59 Å². The molecule has 3 amide bonds. The van der Waals surface area contributed by atoms with Gasteiger partial charge in [-0.05, 0) is 19.8 Å². The second kappa shape index (κ2) is 8.46. The molecule has 0 spiro atoms. The monoisotopic (exact) mass is 301 g/mol. The van der Waals surface area contributed by atoms with E-state index in [0.717, 1.165) is 12.8 Å². The Bertz CT molecular complexity index is 384. The molecule has 0 aromatic rings. The van der Waals surface area contributed by atoms with Crippen LogP contribution in [0.1, 0.15) is 26.2 Å². The van der Waals surface area contributed by atoms with E-state index in [9.17, 15) is 14.4 Å². The lowest BCUT2D eigenvalue weighted by molar-refractivity contribution is -0.137. The lowest BCUT2D eigenvalue weighted by Crippen LogP contribution is -2.51. The Kier molecular flexibility index (Phi) is 6.93. The molecule has 0 aromatic carbocycles. The van der Waals surface area contributed by atoms with Crippen molar-refractivity contribution in [2.75, 3.05) is 26.8 Å². The first-order chi connectivity index (χ1) is 9.95. The van der Waals surface area contributed by atoms with Crippen LogP contribution in [0.25, 0.3) is 0 Å². The minimum Gasteiger partial charge on any atom is -0.481 e. The summed E-state index contributed by atoms with van der Waals surface area (Å²) < 4.78 is 4.82. The van der Waals surface area contributed by atoms with E-state index in [1.807, 2.05) is 0 Å². The average Bonchev–Trinajstić information content (AvgIpc) is 3.23.